The molecule has 0 radical (unpaired) electrons. The molecular formula is C23H20N6O4. The number of hydrogen-bond donors (Lipinski definition) is 2. The van der Waals surface area contributed by atoms with Crippen LogP contribution in [0.1, 0.15) is 23.0 Å². The maximum atomic E-state index is 12.2. The number of carbonyl (C=O) groups is 1. The molecule has 0 fully saturated rings. The Balaban J connectivity index is 1.43. The molecule has 1 unspecified atom stereocenters. The number of ether oxygens (including phenoxy) is 1. The fraction of sp³-hybridized carbons (Fsp3) is 0.174. The SMILES string of the molecule is CC(CO)NC(=O)c1ccc(COc2nn3c(-c4ccoc4)nnc3c3ccccc23)nc1. The Morgan fingerprint density at radius 2 is 2.03 bits per heavy atom. The van der Waals surface area contributed by atoms with Crippen molar-refractivity contribution in [2.45, 2.75) is 19.6 Å². The van der Waals surface area contributed by atoms with Crippen LogP contribution in [-0.2, 0) is 6.61 Å². The minimum absolute atomic E-state index is 0.134. The van der Waals surface area contributed by atoms with E-state index < -0.39 is 0 Å². The predicted octanol–water partition coefficient (Wildman–Crippen LogP) is 2.62. The van der Waals surface area contributed by atoms with Gasteiger partial charge in [-0.15, -0.1) is 15.3 Å². The number of nitrogens with zero attached hydrogens (tertiary/aromatic N) is 5. The van der Waals surface area contributed by atoms with Gasteiger partial charge in [-0.3, -0.25) is 9.78 Å². The van der Waals surface area contributed by atoms with Crippen molar-refractivity contribution in [1.29, 1.82) is 0 Å². The van der Waals surface area contributed by atoms with E-state index in [-0.39, 0.29) is 25.2 Å². The average Bonchev–Trinajstić information content (AvgIpc) is 3.52. The highest BCUT2D eigenvalue weighted by molar-refractivity contribution is 5.97. The molecule has 10 nitrogen and oxygen atoms in total. The van der Waals surface area contributed by atoms with E-state index in [4.69, 9.17) is 14.3 Å². The molecule has 0 bridgehead atoms. The van der Waals surface area contributed by atoms with E-state index >= 15 is 0 Å². The van der Waals surface area contributed by atoms with Gasteiger partial charge in [0.25, 0.3) is 5.91 Å². The number of aliphatic hydroxyl groups is 1. The minimum Gasteiger partial charge on any atom is -0.472 e. The molecule has 166 valence electrons. The summed E-state index contributed by atoms with van der Waals surface area (Å²) in [6.07, 6.45) is 4.62. The van der Waals surface area contributed by atoms with Crippen LogP contribution >= 0.6 is 0 Å². The maximum absolute atomic E-state index is 12.2. The fourth-order valence-corrected chi connectivity index (χ4v) is 3.37. The smallest absolute Gasteiger partial charge is 0.253 e. The van der Waals surface area contributed by atoms with Gasteiger partial charge in [-0.25, -0.2) is 0 Å². The molecule has 1 atom stereocenters. The Labute approximate surface area is 187 Å². The first-order chi connectivity index (χ1) is 16.1. The summed E-state index contributed by atoms with van der Waals surface area (Å²) in [4.78, 5) is 16.5. The molecule has 10 heteroatoms. The van der Waals surface area contributed by atoms with Gasteiger partial charge >= 0.3 is 0 Å². The van der Waals surface area contributed by atoms with Crippen molar-refractivity contribution in [3.8, 4) is 17.3 Å². The first kappa shape index (κ1) is 20.6. The summed E-state index contributed by atoms with van der Waals surface area (Å²) in [6.45, 7) is 1.74. The predicted molar refractivity (Wildman–Crippen MR) is 119 cm³/mol. The number of aliphatic hydroxyl groups excluding tert-OH is 1. The topological polar surface area (TPSA) is 128 Å². The van der Waals surface area contributed by atoms with Crippen molar-refractivity contribution in [3.63, 3.8) is 0 Å². The van der Waals surface area contributed by atoms with Gasteiger partial charge in [0.2, 0.25) is 5.88 Å². The molecule has 0 aliphatic carbocycles. The molecule has 5 aromatic rings. The summed E-state index contributed by atoms with van der Waals surface area (Å²) < 4.78 is 12.8. The molecule has 0 aliphatic rings. The Hall–Kier alpha value is -4.31. The third-order valence-corrected chi connectivity index (χ3v) is 5.10. The first-order valence-electron chi connectivity index (χ1n) is 10.3. The molecule has 0 aliphatic heterocycles. The summed E-state index contributed by atoms with van der Waals surface area (Å²) in [5.74, 6) is 0.650. The number of fused-ring (bicyclic) bond motifs is 3. The molecule has 2 N–H and O–H groups in total. The van der Waals surface area contributed by atoms with Crippen LogP contribution in [0.4, 0.5) is 0 Å². The number of rotatable bonds is 7. The van der Waals surface area contributed by atoms with Crippen LogP contribution in [0.3, 0.4) is 0 Å². The number of nitrogens with one attached hydrogen (secondary N) is 1. The molecule has 33 heavy (non-hydrogen) atoms. The molecule has 1 aromatic carbocycles. The Morgan fingerprint density at radius 3 is 2.76 bits per heavy atom. The average molecular weight is 444 g/mol. The molecule has 4 heterocycles. The van der Waals surface area contributed by atoms with Gasteiger partial charge in [0.1, 0.15) is 12.9 Å². The number of pyridine rings is 1. The van der Waals surface area contributed by atoms with Crippen molar-refractivity contribution in [2.75, 3.05) is 6.61 Å². The minimum atomic E-state index is -0.334. The second kappa shape index (κ2) is 8.67. The highest BCUT2D eigenvalue weighted by Gasteiger charge is 2.17. The van der Waals surface area contributed by atoms with Crippen molar-refractivity contribution >= 4 is 22.3 Å². The first-order valence-corrected chi connectivity index (χ1v) is 10.3. The lowest BCUT2D eigenvalue weighted by Gasteiger charge is -2.11. The van der Waals surface area contributed by atoms with Gasteiger partial charge in [0.15, 0.2) is 11.5 Å². The van der Waals surface area contributed by atoms with Crippen LogP contribution in [0.2, 0.25) is 0 Å². The summed E-state index contributed by atoms with van der Waals surface area (Å²) in [5, 5.41) is 26.6. The third kappa shape index (κ3) is 3.99. The van der Waals surface area contributed by atoms with Gasteiger partial charge < -0.3 is 19.6 Å². The molecule has 5 rings (SSSR count). The van der Waals surface area contributed by atoms with Crippen LogP contribution in [0, 0.1) is 0 Å². The molecule has 1 amide bonds. The number of furan rings is 1. The zero-order valence-electron chi connectivity index (χ0n) is 17.7. The normalized spacial score (nSPS) is 12.2. The number of carbonyl (C=O) groups excluding carboxylic acids is 1. The van der Waals surface area contributed by atoms with Crippen molar-refractivity contribution in [1.82, 2.24) is 30.1 Å². The van der Waals surface area contributed by atoms with Crippen molar-refractivity contribution < 1.29 is 19.1 Å². The van der Waals surface area contributed by atoms with E-state index in [1.165, 1.54) is 6.20 Å². The number of amides is 1. The summed E-state index contributed by atoms with van der Waals surface area (Å²) >= 11 is 0. The standard InChI is InChI=1S/C23H20N6O4/c1-14(11-30)25-22(31)15-6-7-17(24-10-15)13-33-23-19-5-3-2-4-18(19)21-27-26-20(29(21)28-23)16-8-9-32-12-16/h2-10,12,14,30H,11,13H2,1H3,(H,25,31). The number of benzene rings is 1. The van der Waals surface area contributed by atoms with Gasteiger partial charge in [-0.2, -0.15) is 4.52 Å². The quantitative estimate of drug-likeness (QED) is 0.392. The Kier molecular flexibility index (Phi) is 5.41. The number of hydrogen-bond acceptors (Lipinski definition) is 8. The van der Waals surface area contributed by atoms with Gasteiger partial charge in [0.05, 0.1) is 29.7 Å². The van der Waals surface area contributed by atoms with E-state index in [0.717, 1.165) is 16.3 Å². The van der Waals surface area contributed by atoms with Gasteiger partial charge in [-0.1, -0.05) is 18.2 Å². The van der Waals surface area contributed by atoms with E-state index in [2.05, 4.69) is 25.6 Å². The van der Waals surface area contributed by atoms with Gasteiger partial charge in [0, 0.05) is 23.0 Å². The molecule has 0 spiro atoms. The Bertz CT molecular complexity index is 1410. The van der Waals surface area contributed by atoms with Crippen LogP contribution in [0.15, 0.2) is 65.6 Å². The van der Waals surface area contributed by atoms with Crippen LogP contribution in [0.25, 0.3) is 27.8 Å². The highest BCUT2D eigenvalue weighted by Crippen LogP contribution is 2.29. The van der Waals surface area contributed by atoms with Crippen LogP contribution in [-0.4, -0.2) is 48.5 Å². The van der Waals surface area contributed by atoms with Gasteiger partial charge in [-0.05, 0) is 31.2 Å². The summed E-state index contributed by atoms with van der Waals surface area (Å²) in [6, 6.07) is 12.5. The highest BCUT2D eigenvalue weighted by atomic mass is 16.5. The zero-order valence-corrected chi connectivity index (χ0v) is 17.7. The second-order valence-corrected chi connectivity index (χ2v) is 7.51. The Morgan fingerprint density at radius 1 is 1.18 bits per heavy atom. The van der Waals surface area contributed by atoms with E-state index in [9.17, 15) is 4.79 Å². The summed E-state index contributed by atoms with van der Waals surface area (Å²) in [5.41, 5.74) is 2.40. The lowest BCUT2D eigenvalue weighted by atomic mass is 10.2. The van der Waals surface area contributed by atoms with Crippen LogP contribution in [0.5, 0.6) is 5.88 Å². The molecular weight excluding hydrogens is 424 g/mol. The molecule has 4 aromatic heterocycles. The number of aromatic nitrogens is 5. The van der Waals surface area contributed by atoms with Crippen molar-refractivity contribution in [2.24, 2.45) is 0 Å². The lowest BCUT2D eigenvalue weighted by Crippen LogP contribution is -2.35. The summed E-state index contributed by atoms with van der Waals surface area (Å²) in [7, 11) is 0. The second-order valence-electron chi connectivity index (χ2n) is 7.51. The van der Waals surface area contributed by atoms with E-state index in [0.29, 0.717) is 28.6 Å². The third-order valence-electron chi connectivity index (χ3n) is 5.10. The van der Waals surface area contributed by atoms with Crippen LogP contribution < -0.4 is 10.1 Å². The largest absolute Gasteiger partial charge is 0.472 e. The lowest BCUT2D eigenvalue weighted by molar-refractivity contribution is 0.0922. The zero-order chi connectivity index (χ0) is 22.8. The fourth-order valence-electron chi connectivity index (χ4n) is 3.37. The van der Waals surface area contributed by atoms with E-state index in [1.54, 1.807) is 42.2 Å². The maximum Gasteiger partial charge on any atom is 0.253 e. The van der Waals surface area contributed by atoms with Crippen molar-refractivity contribution in [3.05, 3.63) is 72.4 Å². The molecule has 0 saturated carbocycles. The monoisotopic (exact) mass is 444 g/mol. The van der Waals surface area contributed by atoms with E-state index in [1.807, 2.05) is 24.3 Å². The molecule has 0 saturated heterocycles.